The second-order valence-electron chi connectivity index (χ2n) is 5.28. The molecule has 0 amide bonds. The van der Waals surface area contributed by atoms with Gasteiger partial charge in [-0.15, -0.1) is 11.3 Å². The summed E-state index contributed by atoms with van der Waals surface area (Å²) in [4.78, 5) is 12.6. The van der Waals surface area contributed by atoms with E-state index in [0.29, 0.717) is 0 Å². The van der Waals surface area contributed by atoms with Gasteiger partial charge in [0.2, 0.25) is 0 Å². The molecule has 1 rings (SSSR count). The molecule has 0 radical (unpaired) electrons. The van der Waals surface area contributed by atoms with Crippen LogP contribution >= 0.6 is 11.3 Å². The Balaban J connectivity index is 3.01. The number of esters is 1. The van der Waals surface area contributed by atoms with Crippen molar-refractivity contribution in [1.82, 2.24) is 4.72 Å². The zero-order valence-electron chi connectivity index (χ0n) is 12.2. The average molecular weight is 320 g/mol. The lowest BCUT2D eigenvalue weighted by Gasteiger charge is -2.20. The van der Waals surface area contributed by atoms with Crippen LogP contribution in [0.25, 0.3) is 0 Å². The molecule has 0 bridgehead atoms. The summed E-state index contributed by atoms with van der Waals surface area (Å²) in [7, 11) is -3.75. The van der Waals surface area contributed by atoms with Crippen LogP contribution in [-0.2, 0) is 14.9 Å². The van der Waals surface area contributed by atoms with Gasteiger partial charge in [-0.1, -0.05) is 0 Å². The third-order valence-electron chi connectivity index (χ3n) is 2.02. The molecule has 0 unspecified atom stereocenters. The van der Waals surface area contributed by atoms with Gasteiger partial charge in [0, 0.05) is 10.4 Å². The van der Waals surface area contributed by atoms with Gasteiger partial charge in [-0.05, 0) is 40.7 Å². The number of carbonyl (C=O) groups excluding carboxylic acids is 1. The Labute approximate surface area is 123 Å². The molecular formula is C12H20N2O4S2. The first-order valence-corrected chi connectivity index (χ1v) is 8.43. The maximum Gasteiger partial charge on any atom is 0.341 e. The number of anilines is 1. The molecule has 0 fully saturated rings. The average Bonchev–Trinajstić information content (AvgIpc) is 2.54. The number of thiophene rings is 1. The van der Waals surface area contributed by atoms with Crippen molar-refractivity contribution in [2.45, 2.75) is 40.2 Å². The van der Waals surface area contributed by atoms with Crippen LogP contribution in [0.15, 0.2) is 6.07 Å². The molecule has 0 atom stereocenters. The van der Waals surface area contributed by atoms with Gasteiger partial charge in [0.25, 0.3) is 10.2 Å². The topological polar surface area (TPSA) is 84.5 Å². The van der Waals surface area contributed by atoms with Crippen LogP contribution in [0.3, 0.4) is 0 Å². The van der Waals surface area contributed by atoms with E-state index in [0.717, 1.165) is 4.88 Å². The van der Waals surface area contributed by atoms with Crippen LogP contribution < -0.4 is 9.44 Å². The van der Waals surface area contributed by atoms with Crippen molar-refractivity contribution in [2.75, 3.05) is 11.3 Å². The normalized spacial score (nSPS) is 12.2. The highest BCUT2D eigenvalue weighted by atomic mass is 32.2. The van der Waals surface area contributed by atoms with E-state index in [4.69, 9.17) is 4.74 Å². The van der Waals surface area contributed by atoms with Crippen molar-refractivity contribution in [3.63, 3.8) is 0 Å². The van der Waals surface area contributed by atoms with Crippen LogP contribution in [0.4, 0.5) is 5.00 Å². The highest BCUT2D eigenvalue weighted by Gasteiger charge is 2.24. The maximum absolute atomic E-state index is 12.0. The lowest BCUT2D eigenvalue weighted by Crippen LogP contribution is -2.43. The summed E-state index contributed by atoms with van der Waals surface area (Å²) in [5.41, 5.74) is -0.379. The van der Waals surface area contributed by atoms with Crippen molar-refractivity contribution in [3.05, 3.63) is 16.5 Å². The zero-order chi connectivity index (χ0) is 15.6. The van der Waals surface area contributed by atoms with Crippen molar-refractivity contribution in [2.24, 2.45) is 0 Å². The third-order valence-corrected chi connectivity index (χ3v) is 4.47. The minimum absolute atomic E-state index is 0.230. The monoisotopic (exact) mass is 320 g/mol. The molecule has 1 heterocycles. The Morgan fingerprint density at radius 2 is 2.00 bits per heavy atom. The van der Waals surface area contributed by atoms with E-state index in [1.807, 2.05) is 0 Å². The second kappa shape index (κ2) is 6.11. The van der Waals surface area contributed by atoms with Gasteiger partial charge in [-0.25, -0.2) is 4.79 Å². The van der Waals surface area contributed by atoms with Crippen molar-refractivity contribution in [3.8, 4) is 0 Å². The smallest absolute Gasteiger partial charge is 0.341 e. The number of ether oxygens (including phenoxy) is 1. The van der Waals surface area contributed by atoms with Gasteiger partial charge >= 0.3 is 5.97 Å². The molecule has 0 saturated carbocycles. The van der Waals surface area contributed by atoms with Crippen molar-refractivity contribution >= 4 is 32.5 Å². The molecule has 0 aliphatic rings. The highest BCUT2D eigenvalue weighted by molar-refractivity contribution is 7.91. The van der Waals surface area contributed by atoms with Crippen LogP contribution in [0, 0.1) is 6.92 Å². The first-order valence-electron chi connectivity index (χ1n) is 6.13. The van der Waals surface area contributed by atoms with Crippen LogP contribution in [0.1, 0.15) is 42.9 Å². The van der Waals surface area contributed by atoms with Gasteiger partial charge in [-0.3, -0.25) is 4.72 Å². The number of aryl methyl sites for hydroxylation is 1. The lowest BCUT2D eigenvalue weighted by atomic mass is 10.1. The molecule has 0 saturated heterocycles. The van der Waals surface area contributed by atoms with E-state index < -0.39 is 21.7 Å². The first-order chi connectivity index (χ1) is 9.04. The summed E-state index contributed by atoms with van der Waals surface area (Å²) in [6.07, 6.45) is 0. The van der Waals surface area contributed by atoms with Crippen molar-refractivity contribution in [1.29, 1.82) is 0 Å². The quantitative estimate of drug-likeness (QED) is 0.815. The van der Waals surface area contributed by atoms with E-state index in [2.05, 4.69) is 9.44 Å². The summed E-state index contributed by atoms with van der Waals surface area (Å²) in [6, 6.07) is 1.61. The van der Waals surface area contributed by atoms with E-state index >= 15 is 0 Å². The molecule has 114 valence electrons. The Kier molecular flexibility index (Phi) is 5.17. The summed E-state index contributed by atoms with van der Waals surface area (Å²) in [5, 5.41) is 0.262. The molecule has 1 aromatic rings. The number of hydrogen-bond donors (Lipinski definition) is 2. The predicted octanol–water partition coefficient (Wildman–Crippen LogP) is 2.28. The number of nitrogens with one attached hydrogen (secondary N) is 2. The molecule has 1 aromatic heterocycles. The van der Waals surface area contributed by atoms with Crippen LogP contribution in [0.2, 0.25) is 0 Å². The molecular weight excluding hydrogens is 300 g/mol. The fourth-order valence-corrected chi connectivity index (χ4v) is 3.96. The molecule has 0 aliphatic carbocycles. The van der Waals surface area contributed by atoms with Gasteiger partial charge in [0.15, 0.2) is 0 Å². The van der Waals surface area contributed by atoms with E-state index in [1.165, 1.54) is 11.3 Å². The standard InChI is InChI=1S/C12H20N2O4S2/c1-6-18-11(15)9-7-8(2)19-10(9)13-20(16,17)14-12(3,4)5/h7,13-14H,6H2,1-5H3. The molecule has 2 N–H and O–H groups in total. The minimum atomic E-state index is -3.75. The Hall–Kier alpha value is -1.12. The first kappa shape index (κ1) is 16.9. The van der Waals surface area contributed by atoms with Gasteiger partial charge < -0.3 is 4.74 Å². The fraction of sp³-hybridized carbons (Fsp3) is 0.583. The Morgan fingerprint density at radius 1 is 1.40 bits per heavy atom. The van der Waals surface area contributed by atoms with E-state index in [-0.39, 0.29) is 17.2 Å². The molecule has 0 spiro atoms. The highest BCUT2D eigenvalue weighted by Crippen LogP contribution is 2.29. The summed E-state index contributed by atoms with van der Waals surface area (Å²) < 4.78 is 33.7. The van der Waals surface area contributed by atoms with Crippen molar-refractivity contribution < 1.29 is 17.9 Å². The molecule has 8 heteroatoms. The fourth-order valence-electron chi connectivity index (χ4n) is 1.50. The minimum Gasteiger partial charge on any atom is -0.462 e. The Morgan fingerprint density at radius 3 is 2.50 bits per heavy atom. The third kappa shape index (κ3) is 5.10. The largest absolute Gasteiger partial charge is 0.462 e. The summed E-state index contributed by atoms with van der Waals surface area (Å²) in [6.45, 7) is 8.93. The van der Waals surface area contributed by atoms with Gasteiger partial charge in [0.1, 0.15) is 5.00 Å². The zero-order valence-corrected chi connectivity index (χ0v) is 13.9. The molecule has 0 aliphatic heterocycles. The maximum atomic E-state index is 12.0. The van der Waals surface area contributed by atoms with Gasteiger partial charge in [0.05, 0.1) is 12.2 Å². The van der Waals surface area contributed by atoms with Crippen LogP contribution in [0.5, 0.6) is 0 Å². The number of rotatable bonds is 5. The molecule has 0 aromatic carbocycles. The number of hydrogen-bond acceptors (Lipinski definition) is 5. The van der Waals surface area contributed by atoms with Crippen LogP contribution in [-0.4, -0.2) is 26.5 Å². The van der Waals surface area contributed by atoms with E-state index in [9.17, 15) is 13.2 Å². The summed E-state index contributed by atoms with van der Waals surface area (Å²) in [5.74, 6) is -0.537. The molecule has 20 heavy (non-hydrogen) atoms. The van der Waals surface area contributed by atoms with Gasteiger partial charge in [-0.2, -0.15) is 13.1 Å². The Bertz CT molecular complexity index is 585. The molecule has 6 nitrogen and oxygen atoms in total. The predicted molar refractivity (Wildman–Crippen MR) is 80.4 cm³/mol. The number of carbonyl (C=O) groups is 1. The second-order valence-corrected chi connectivity index (χ2v) is 7.95. The van der Waals surface area contributed by atoms with E-state index in [1.54, 1.807) is 40.7 Å². The lowest BCUT2D eigenvalue weighted by molar-refractivity contribution is 0.0528. The summed E-state index contributed by atoms with van der Waals surface area (Å²) >= 11 is 1.19. The SMILES string of the molecule is CCOC(=O)c1cc(C)sc1NS(=O)(=O)NC(C)(C)C.